The summed E-state index contributed by atoms with van der Waals surface area (Å²) in [7, 11) is 0. The van der Waals surface area contributed by atoms with Crippen LogP contribution < -0.4 is 4.90 Å². The molecular weight excluding hydrogens is 623 g/mol. The zero-order valence-electron chi connectivity index (χ0n) is 27.7. The lowest BCUT2D eigenvalue weighted by molar-refractivity contribution is 0.669. The number of fused-ring (bicyclic) bond motifs is 6. The summed E-state index contributed by atoms with van der Waals surface area (Å²) in [6, 6.07) is 66.0. The Morgan fingerprint density at radius 3 is 1.59 bits per heavy atom. The molecule has 3 nitrogen and oxygen atoms in total. The molecule has 0 radical (unpaired) electrons. The predicted molar refractivity (Wildman–Crippen MR) is 212 cm³/mol. The highest BCUT2D eigenvalue weighted by Crippen LogP contribution is 2.48. The maximum Gasteiger partial charge on any atom is 0.145 e. The van der Waals surface area contributed by atoms with Gasteiger partial charge in [0.1, 0.15) is 22.3 Å². The molecule has 0 aliphatic heterocycles. The first-order valence-corrected chi connectivity index (χ1v) is 17.3. The van der Waals surface area contributed by atoms with Crippen molar-refractivity contribution in [1.29, 1.82) is 0 Å². The van der Waals surface area contributed by atoms with E-state index in [1.807, 2.05) is 18.2 Å². The van der Waals surface area contributed by atoms with Gasteiger partial charge in [-0.2, -0.15) is 0 Å². The molecule has 0 fully saturated rings. The van der Waals surface area contributed by atoms with E-state index in [0.29, 0.717) is 0 Å². The molecule has 0 unspecified atom stereocenters. The highest BCUT2D eigenvalue weighted by molar-refractivity contribution is 6.19. The van der Waals surface area contributed by atoms with Gasteiger partial charge in [-0.1, -0.05) is 133 Å². The van der Waals surface area contributed by atoms with Crippen molar-refractivity contribution in [1.82, 2.24) is 0 Å². The van der Waals surface area contributed by atoms with Crippen molar-refractivity contribution in [2.45, 2.75) is 0 Å². The Balaban J connectivity index is 1.21. The van der Waals surface area contributed by atoms with Gasteiger partial charge in [-0.05, 0) is 82.4 Å². The van der Waals surface area contributed by atoms with Gasteiger partial charge in [0.2, 0.25) is 0 Å². The minimum Gasteiger partial charge on any atom is -0.456 e. The molecule has 0 saturated carbocycles. The third-order valence-electron chi connectivity index (χ3n) is 9.90. The van der Waals surface area contributed by atoms with Gasteiger partial charge in [0.05, 0.1) is 11.1 Å². The molecule has 8 aromatic carbocycles. The van der Waals surface area contributed by atoms with Crippen molar-refractivity contribution in [3.63, 3.8) is 0 Å². The molecule has 10 aromatic rings. The van der Waals surface area contributed by atoms with Crippen LogP contribution in [0.3, 0.4) is 0 Å². The zero-order valence-corrected chi connectivity index (χ0v) is 27.7. The molecule has 10 rings (SSSR count). The van der Waals surface area contributed by atoms with Gasteiger partial charge < -0.3 is 13.7 Å². The molecule has 2 heterocycles. The molecule has 0 bridgehead atoms. The van der Waals surface area contributed by atoms with Crippen molar-refractivity contribution < 1.29 is 8.83 Å². The maximum absolute atomic E-state index is 6.87. The van der Waals surface area contributed by atoms with Crippen LogP contribution in [0.1, 0.15) is 0 Å². The maximum atomic E-state index is 6.87. The van der Waals surface area contributed by atoms with E-state index in [9.17, 15) is 0 Å². The summed E-state index contributed by atoms with van der Waals surface area (Å²) in [4.78, 5) is 2.34. The molecular formula is C48H31NO2. The second kappa shape index (κ2) is 11.9. The Hall–Kier alpha value is -6.84. The highest BCUT2D eigenvalue weighted by atomic mass is 16.3. The lowest BCUT2D eigenvalue weighted by atomic mass is 9.90. The van der Waals surface area contributed by atoms with E-state index in [1.165, 1.54) is 11.1 Å². The number of furan rings is 2. The van der Waals surface area contributed by atoms with Crippen molar-refractivity contribution in [3.05, 3.63) is 188 Å². The van der Waals surface area contributed by atoms with Crippen LogP contribution in [0.4, 0.5) is 17.1 Å². The smallest absolute Gasteiger partial charge is 0.145 e. The van der Waals surface area contributed by atoms with E-state index < -0.39 is 0 Å². The highest BCUT2D eigenvalue weighted by Gasteiger charge is 2.24. The number of benzene rings is 8. The fraction of sp³-hybridized carbons (Fsp3) is 0. The third-order valence-corrected chi connectivity index (χ3v) is 9.90. The van der Waals surface area contributed by atoms with Crippen LogP contribution in [0, 0.1) is 0 Å². The van der Waals surface area contributed by atoms with Crippen molar-refractivity contribution in [2.75, 3.05) is 4.90 Å². The molecule has 240 valence electrons. The molecule has 0 amide bonds. The Labute approximate surface area is 295 Å². The van der Waals surface area contributed by atoms with E-state index in [4.69, 9.17) is 8.83 Å². The molecule has 0 aliphatic carbocycles. The monoisotopic (exact) mass is 653 g/mol. The first kappa shape index (κ1) is 29.1. The van der Waals surface area contributed by atoms with Crippen LogP contribution >= 0.6 is 0 Å². The summed E-state index contributed by atoms with van der Waals surface area (Å²) in [5, 5.41) is 4.37. The predicted octanol–water partition coefficient (Wildman–Crippen LogP) is 14.0. The summed E-state index contributed by atoms with van der Waals surface area (Å²) in [6.45, 7) is 0. The minimum absolute atomic E-state index is 0.854. The standard InChI is InChI=1S/C48H31NO2/c1-3-14-32(15-4-1)33-26-28-35(29-27-33)49(34-16-5-2-6-17-34)42-31-30-39(48-47(42)41-21-10-12-24-44(41)51-48)37-19-8-7-18-36(37)38-22-13-25-45-46(38)40-20-9-11-23-43(40)50-45/h1-31H. The second-order valence-electron chi connectivity index (χ2n) is 12.8. The van der Waals surface area contributed by atoms with E-state index in [1.54, 1.807) is 0 Å². The van der Waals surface area contributed by atoms with Crippen LogP contribution in [0.25, 0.3) is 77.3 Å². The lowest BCUT2D eigenvalue weighted by Crippen LogP contribution is -2.10. The number of para-hydroxylation sites is 3. The van der Waals surface area contributed by atoms with Gasteiger partial charge in [0, 0.05) is 33.1 Å². The lowest BCUT2D eigenvalue weighted by Gasteiger charge is -2.27. The molecule has 0 N–H and O–H groups in total. The van der Waals surface area contributed by atoms with Crippen LogP contribution in [0.5, 0.6) is 0 Å². The fourth-order valence-electron chi connectivity index (χ4n) is 7.60. The fourth-order valence-corrected chi connectivity index (χ4v) is 7.60. The zero-order chi connectivity index (χ0) is 33.7. The van der Waals surface area contributed by atoms with E-state index >= 15 is 0 Å². The van der Waals surface area contributed by atoms with E-state index in [2.05, 4.69) is 175 Å². The van der Waals surface area contributed by atoms with Crippen LogP contribution in [-0.4, -0.2) is 0 Å². The number of anilines is 3. The number of rotatable bonds is 6. The van der Waals surface area contributed by atoms with Crippen LogP contribution in [0.2, 0.25) is 0 Å². The molecule has 0 spiro atoms. The SMILES string of the molecule is c1ccc(-c2ccc(N(c3ccccc3)c3ccc(-c4ccccc4-c4cccc5oc6ccccc6c45)c4oc5ccccc5c34)cc2)cc1. The average Bonchev–Trinajstić information content (AvgIpc) is 3.79. The Morgan fingerprint density at radius 2 is 0.843 bits per heavy atom. The Bertz CT molecular complexity index is 2850. The van der Waals surface area contributed by atoms with Gasteiger partial charge in [-0.3, -0.25) is 0 Å². The van der Waals surface area contributed by atoms with Gasteiger partial charge in [0.25, 0.3) is 0 Å². The van der Waals surface area contributed by atoms with Gasteiger partial charge >= 0.3 is 0 Å². The van der Waals surface area contributed by atoms with Gasteiger partial charge in [-0.15, -0.1) is 0 Å². The summed E-state index contributed by atoms with van der Waals surface area (Å²) in [5.74, 6) is 0. The molecule has 51 heavy (non-hydrogen) atoms. The molecule has 0 aliphatic rings. The van der Waals surface area contributed by atoms with Gasteiger partial charge in [0.15, 0.2) is 0 Å². The van der Waals surface area contributed by atoms with Gasteiger partial charge in [-0.25, -0.2) is 0 Å². The van der Waals surface area contributed by atoms with Crippen molar-refractivity contribution in [3.8, 4) is 33.4 Å². The Kier molecular flexibility index (Phi) is 6.81. The summed E-state index contributed by atoms with van der Waals surface area (Å²) in [5.41, 5.74) is 13.4. The summed E-state index contributed by atoms with van der Waals surface area (Å²) >= 11 is 0. The average molecular weight is 654 g/mol. The number of hydrogen-bond acceptors (Lipinski definition) is 3. The first-order chi connectivity index (χ1) is 25.3. The second-order valence-corrected chi connectivity index (χ2v) is 12.8. The van der Waals surface area contributed by atoms with Crippen LogP contribution in [-0.2, 0) is 0 Å². The summed E-state index contributed by atoms with van der Waals surface area (Å²) < 4.78 is 13.2. The van der Waals surface area contributed by atoms with E-state index in [0.717, 1.165) is 83.2 Å². The van der Waals surface area contributed by atoms with E-state index in [-0.39, 0.29) is 0 Å². The first-order valence-electron chi connectivity index (χ1n) is 17.3. The minimum atomic E-state index is 0.854. The topological polar surface area (TPSA) is 29.5 Å². The number of nitrogens with zero attached hydrogens (tertiary/aromatic N) is 1. The third kappa shape index (κ3) is 4.82. The quantitative estimate of drug-likeness (QED) is 0.179. The normalized spacial score (nSPS) is 11.5. The summed E-state index contributed by atoms with van der Waals surface area (Å²) in [6.07, 6.45) is 0. The molecule has 0 saturated heterocycles. The van der Waals surface area contributed by atoms with Crippen molar-refractivity contribution >= 4 is 60.9 Å². The Morgan fingerprint density at radius 1 is 0.314 bits per heavy atom. The molecule has 3 heteroatoms. The van der Waals surface area contributed by atoms with Crippen molar-refractivity contribution in [2.24, 2.45) is 0 Å². The van der Waals surface area contributed by atoms with Crippen LogP contribution in [0.15, 0.2) is 197 Å². The largest absolute Gasteiger partial charge is 0.456 e. The number of hydrogen-bond donors (Lipinski definition) is 0. The molecule has 2 aromatic heterocycles. The molecule has 0 atom stereocenters.